The van der Waals surface area contributed by atoms with Crippen LogP contribution in [0.2, 0.25) is 0 Å². The predicted octanol–water partition coefficient (Wildman–Crippen LogP) is 2.30. The summed E-state index contributed by atoms with van der Waals surface area (Å²) in [4.78, 5) is 21.6. The molecule has 7 rings (SSSR count). The van der Waals surface area contributed by atoms with Gasteiger partial charge in [-0.25, -0.2) is 0 Å². The lowest BCUT2D eigenvalue weighted by molar-refractivity contribution is -0.128. The molecule has 6 aliphatic rings. The third-order valence-corrected chi connectivity index (χ3v) is 11.6. The minimum absolute atomic E-state index is 0.0810. The highest BCUT2D eigenvalue weighted by atomic mass is 16.7. The highest BCUT2D eigenvalue weighted by Crippen LogP contribution is 2.51. The van der Waals surface area contributed by atoms with Crippen molar-refractivity contribution in [1.82, 2.24) is 9.80 Å². The molecule has 1 aliphatic carbocycles. The quantitative estimate of drug-likeness (QED) is 0.576. The second kappa shape index (κ2) is 9.01. The van der Waals surface area contributed by atoms with Gasteiger partial charge in [-0.3, -0.25) is 14.6 Å². The number of carbonyl (C=O) groups excluding carboxylic acids is 1. The van der Waals surface area contributed by atoms with Crippen molar-refractivity contribution in [2.45, 2.75) is 108 Å². The minimum atomic E-state index is -0.457. The first-order valence-corrected chi connectivity index (χ1v) is 15.4. The van der Waals surface area contributed by atoms with Crippen LogP contribution < -0.4 is 10.4 Å². The van der Waals surface area contributed by atoms with E-state index in [1.807, 2.05) is 0 Å². The number of hydrogen-bond acceptors (Lipinski definition) is 7. The number of β-amino-alcohol motifs (C(OH)–C–C–N with tert-alkyl or cyclic N) is 1. The number of fused-ring (bicyclic) bond motifs is 2. The van der Waals surface area contributed by atoms with Gasteiger partial charge in [-0.05, 0) is 83.6 Å². The summed E-state index contributed by atoms with van der Waals surface area (Å²) >= 11 is 0. The number of ether oxygens (including phenoxy) is 1. The van der Waals surface area contributed by atoms with E-state index in [0.29, 0.717) is 12.1 Å². The van der Waals surface area contributed by atoms with Gasteiger partial charge in [-0.2, -0.15) is 0 Å². The van der Waals surface area contributed by atoms with Gasteiger partial charge in [-0.15, -0.1) is 0 Å². The van der Waals surface area contributed by atoms with Gasteiger partial charge in [0.2, 0.25) is 5.91 Å². The summed E-state index contributed by atoms with van der Waals surface area (Å²) < 4.78 is 18.3. The van der Waals surface area contributed by atoms with Gasteiger partial charge in [0.15, 0.2) is 0 Å². The van der Waals surface area contributed by atoms with Crippen LogP contribution in [0, 0.1) is 5.41 Å². The smallest absolute Gasteiger partial charge is 0.399 e. The molecule has 0 bridgehead atoms. The molecular weight excluding hydrogens is 505 g/mol. The zero-order valence-corrected chi connectivity index (χ0v) is 25.1. The van der Waals surface area contributed by atoms with Gasteiger partial charge >= 0.3 is 7.12 Å². The molecule has 1 N–H and O–H groups in total. The highest BCUT2D eigenvalue weighted by Gasteiger charge is 2.58. The molecule has 1 aromatic rings. The standard InChI is InChI=1S/C31H46BN3O5/c1-28(2)19-34(16-26(28)36)21-14-22(15-21)35-25-13-20(32-39-29(3,4)30(5,6)40-32)7-8-24(25)31(27(35)37)9-11-33(12-10-31)23-17-38-18-23/h7-8,13,21-23,26,36H,9-12,14-19H2,1-6H3/t21-,22+,26-/m1/s1. The summed E-state index contributed by atoms with van der Waals surface area (Å²) in [5.41, 5.74) is 1.86. The summed E-state index contributed by atoms with van der Waals surface area (Å²) in [6.45, 7) is 17.7. The Hall–Kier alpha value is -1.49. The molecule has 0 radical (unpaired) electrons. The number of carbonyl (C=O) groups is 1. The molecular formula is C31H46BN3O5. The van der Waals surface area contributed by atoms with E-state index in [1.165, 1.54) is 5.56 Å². The van der Waals surface area contributed by atoms with Crippen molar-refractivity contribution >= 4 is 24.2 Å². The van der Waals surface area contributed by atoms with Crippen LogP contribution in [-0.2, 0) is 24.3 Å². The monoisotopic (exact) mass is 551 g/mol. The van der Waals surface area contributed by atoms with Crippen molar-refractivity contribution in [3.05, 3.63) is 23.8 Å². The van der Waals surface area contributed by atoms with E-state index < -0.39 is 23.7 Å². The fourth-order valence-corrected chi connectivity index (χ4v) is 7.79. The van der Waals surface area contributed by atoms with Crippen LogP contribution in [0.5, 0.6) is 0 Å². The van der Waals surface area contributed by atoms with Crippen LogP contribution in [0.25, 0.3) is 0 Å². The topological polar surface area (TPSA) is 74.7 Å². The molecule has 1 aromatic carbocycles. The number of aliphatic hydroxyl groups excluding tert-OH is 1. The van der Waals surface area contributed by atoms with Crippen molar-refractivity contribution in [1.29, 1.82) is 0 Å². The number of nitrogens with zero attached hydrogens (tertiary/aromatic N) is 3. The normalized spacial score (nSPS) is 34.8. The average Bonchev–Trinajstić information content (AvgIpc) is 3.31. The maximum atomic E-state index is 14.5. The zero-order chi connectivity index (χ0) is 28.2. The molecule has 218 valence electrons. The average molecular weight is 552 g/mol. The summed E-state index contributed by atoms with van der Waals surface area (Å²) in [5, 5.41) is 10.6. The number of aliphatic hydroxyl groups is 1. The SMILES string of the molecule is CC1(C)CN([C@H]2C[C@@H](N3C(=O)C4(CCN(C5COC5)CC4)c4ccc(B5OC(C)(C)C(C)(C)O5)cc43)C2)C[C@H]1O. The number of benzene rings is 1. The second-order valence-electron chi connectivity index (χ2n) is 15.1. The van der Waals surface area contributed by atoms with E-state index in [0.717, 1.165) is 76.2 Å². The van der Waals surface area contributed by atoms with Crippen LogP contribution in [0.4, 0.5) is 5.69 Å². The van der Waals surface area contributed by atoms with E-state index >= 15 is 0 Å². The molecule has 1 saturated carbocycles. The first-order chi connectivity index (χ1) is 18.8. The Kier molecular flexibility index (Phi) is 6.16. The zero-order valence-electron chi connectivity index (χ0n) is 25.1. The molecule has 5 aliphatic heterocycles. The maximum absolute atomic E-state index is 14.5. The Labute approximate surface area is 239 Å². The van der Waals surface area contributed by atoms with Gasteiger partial charge < -0.3 is 24.1 Å². The van der Waals surface area contributed by atoms with Crippen LogP contribution in [0.3, 0.4) is 0 Å². The second-order valence-corrected chi connectivity index (χ2v) is 15.1. The minimum Gasteiger partial charge on any atom is -0.399 e. The largest absolute Gasteiger partial charge is 0.494 e. The van der Waals surface area contributed by atoms with Crippen LogP contribution >= 0.6 is 0 Å². The number of hydrogen-bond donors (Lipinski definition) is 1. The number of amides is 1. The first-order valence-electron chi connectivity index (χ1n) is 15.4. The lowest BCUT2D eigenvalue weighted by Gasteiger charge is -2.47. The molecule has 1 amide bonds. The van der Waals surface area contributed by atoms with Gasteiger partial charge in [0, 0.05) is 36.3 Å². The van der Waals surface area contributed by atoms with E-state index in [4.69, 9.17) is 14.0 Å². The fraction of sp³-hybridized carbons (Fsp3) is 0.774. The number of anilines is 1. The fourth-order valence-electron chi connectivity index (χ4n) is 7.79. The molecule has 8 nitrogen and oxygen atoms in total. The Morgan fingerprint density at radius 3 is 2.10 bits per heavy atom. The maximum Gasteiger partial charge on any atom is 0.494 e. The summed E-state index contributed by atoms with van der Waals surface area (Å²) in [6.07, 6.45) is 3.32. The van der Waals surface area contributed by atoms with E-state index in [2.05, 4.69) is 74.4 Å². The van der Waals surface area contributed by atoms with Gasteiger partial charge in [0.25, 0.3) is 0 Å². The lowest BCUT2D eigenvalue weighted by Crippen LogP contribution is -2.59. The lowest BCUT2D eigenvalue weighted by atomic mass is 9.71. The molecule has 40 heavy (non-hydrogen) atoms. The highest BCUT2D eigenvalue weighted by molar-refractivity contribution is 6.62. The van der Waals surface area contributed by atoms with Crippen molar-refractivity contribution in [3.8, 4) is 0 Å². The van der Waals surface area contributed by atoms with Crippen LogP contribution in [0.1, 0.15) is 72.8 Å². The Bertz CT molecular complexity index is 1170. The van der Waals surface area contributed by atoms with E-state index in [9.17, 15) is 9.90 Å². The van der Waals surface area contributed by atoms with E-state index in [-0.39, 0.29) is 23.5 Å². The Morgan fingerprint density at radius 1 is 0.900 bits per heavy atom. The van der Waals surface area contributed by atoms with Crippen LogP contribution in [0.15, 0.2) is 18.2 Å². The molecule has 4 saturated heterocycles. The molecule has 1 atom stereocenters. The molecule has 0 aromatic heterocycles. The molecule has 0 unspecified atom stereocenters. The van der Waals surface area contributed by atoms with E-state index in [1.54, 1.807) is 0 Å². The molecule has 5 fully saturated rings. The summed E-state index contributed by atoms with van der Waals surface area (Å²) in [7, 11) is -0.452. The van der Waals surface area contributed by atoms with Crippen molar-refractivity contribution in [2.24, 2.45) is 5.41 Å². The Morgan fingerprint density at radius 2 is 1.55 bits per heavy atom. The third-order valence-electron chi connectivity index (χ3n) is 11.6. The van der Waals surface area contributed by atoms with Crippen molar-refractivity contribution in [2.75, 3.05) is 44.3 Å². The van der Waals surface area contributed by atoms with Gasteiger partial charge in [0.1, 0.15) is 0 Å². The molecule has 9 heteroatoms. The predicted molar refractivity (Wildman–Crippen MR) is 155 cm³/mol. The van der Waals surface area contributed by atoms with Crippen molar-refractivity contribution < 1.29 is 23.9 Å². The van der Waals surface area contributed by atoms with Gasteiger partial charge in [-0.1, -0.05) is 26.0 Å². The first kappa shape index (κ1) is 27.4. The summed E-state index contributed by atoms with van der Waals surface area (Å²) in [5.74, 6) is 0.281. The van der Waals surface area contributed by atoms with Crippen LogP contribution in [-0.4, -0.2) is 103 Å². The summed E-state index contributed by atoms with van der Waals surface area (Å²) in [6, 6.07) is 7.62. The number of rotatable bonds is 4. The molecule has 1 spiro atoms. The third kappa shape index (κ3) is 3.98. The Balaban J connectivity index is 1.17. The van der Waals surface area contributed by atoms with Gasteiger partial charge in [0.05, 0.1) is 42.0 Å². The van der Waals surface area contributed by atoms with Crippen molar-refractivity contribution in [3.63, 3.8) is 0 Å². The molecule has 5 heterocycles. The number of piperidine rings is 1. The number of likely N-dealkylation sites (tertiary alicyclic amines) is 2.